The average Bonchev–Trinajstić information content (AvgIpc) is 3.53. The molecular formula is C32H33F4N5OS. The molecule has 0 atom stereocenters. The van der Waals surface area contributed by atoms with Gasteiger partial charge in [0.25, 0.3) is 0 Å². The molecule has 11 heteroatoms. The Morgan fingerprint density at radius 2 is 1.65 bits per heavy atom. The van der Waals surface area contributed by atoms with Crippen molar-refractivity contribution in [1.82, 2.24) is 15.1 Å². The van der Waals surface area contributed by atoms with Crippen molar-refractivity contribution in [2.45, 2.75) is 45.2 Å². The highest BCUT2D eigenvalue weighted by Gasteiger charge is 2.52. The van der Waals surface area contributed by atoms with Gasteiger partial charge in [0, 0.05) is 24.1 Å². The fourth-order valence-corrected chi connectivity index (χ4v) is 7.19. The highest BCUT2D eigenvalue weighted by Crippen LogP contribution is 2.57. The smallest absolute Gasteiger partial charge is 0.416 e. The lowest BCUT2D eigenvalue weighted by Crippen LogP contribution is -2.47. The molecule has 1 fully saturated rings. The van der Waals surface area contributed by atoms with Crippen molar-refractivity contribution in [1.29, 1.82) is 0 Å². The number of hydrogen-bond acceptors (Lipinski definition) is 7. The third-order valence-electron chi connectivity index (χ3n) is 8.19. The van der Waals surface area contributed by atoms with E-state index in [9.17, 15) is 22.7 Å². The molecule has 0 saturated carbocycles. The number of fused-ring (bicyclic) bond motifs is 2. The molecule has 2 aliphatic heterocycles. The maximum absolute atomic E-state index is 14.5. The van der Waals surface area contributed by atoms with E-state index in [4.69, 9.17) is 0 Å². The Morgan fingerprint density at radius 3 is 2.33 bits per heavy atom. The number of phenols is 1. The largest absolute Gasteiger partial charge is 0.506 e. The molecule has 0 aliphatic carbocycles. The van der Waals surface area contributed by atoms with Gasteiger partial charge in [-0.25, -0.2) is 4.39 Å². The van der Waals surface area contributed by atoms with Crippen LogP contribution in [0.3, 0.4) is 0 Å². The lowest BCUT2D eigenvalue weighted by atomic mass is 9.72. The molecule has 0 bridgehead atoms. The van der Waals surface area contributed by atoms with Crippen LogP contribution >= 0.6 is 11.3 Å². The van der Waals surface area contributed by atoms with Crippen LogP contribution in [0.2, 0.25) is 0 Å². The molecule has 3 aromatic carbocycles. The molecule has 2 aliphatic rings. The van der Waals surface area contributed by atoms with Gasteiger partial charge in [0.15, 0.2) is 0 Å². The van der Waals surface area contributed by atoms with Gasteiger partial charge in [0.05, 0.1) is 22.6 Å². The van der Waals surface area contributed by atoms with Crippen LogP contribution in [-0.4, -0.2) is 46.4 Å². The first-order chi connectivity index (χ1) is 20.3. The van der Waals surface area contributed by atoms with E-state index in [2.05, 4.69) is 41.2 Å². The summed E-state index contributed by atoms with van der Waals surface area (Å²) in [4.78, 5) is 4.15. The molecule has 1 spiro atoms. The van der Waals surface area contributed by atoms with Gasteiger partial charge in [-0.1, -0.05) is 44.2 Å². The zero-order chi connectivity index (χ0) is 30.6. The molecule has 6 nitrogen and oxygen atoms in total. The maximum Gasteiger partial charge on any atom is 0.416 e. The number of likely N-dealkylation sites (tertiary alicyclic amines) is 1. The third kappa shape index (κ3) is 5.80. The van der Waals surface area contributed by atoms with Crippen molar-refractivity contribution < 1.29 is 22.7 Å². The van der Waals surface area contributed by atoms with Crippen LogP contribution < -0.4 is 10.2 Å². The Kier molecular flexibility index (Phi) is 7.37. The molecule has 2 N–H and O–H groups in total. The summed E-state index contributed by atoms with van der Waals surface area (Å²) < 4.78 is 56.9. The predicted octanol–water partition coefficient (Wildman–Crippen LogP) is 8.34. The van der Waals surface area contributed by atoms with Crippen LogP contribution in [0.25, 0.3) is 10.6 Å². The van der Waals surface area contributed by atoms with E-state index < -0.39 is 17.2 Å². The van der Waals surface area contributed by atoms with E-state index in [1.54, 1.807) is 12.1 Å². The molecular weight excluding hydrogens is 578 g/mol. The van der Waals surface area contributed by atoms with E-state index in [1.807, 2.05) is 29.2 Å². The van der Waals surface area contributed by atoms with Crippen molar-refractivity contribution in [3.63, 3.8) is 0 Å². The summed E-state index contributed by atoms with van der Waals surface area (Å²) in [5, 5.41) is 24.0. The van der Waals surface area contributed by atoms with Crippen molar-refractivity contribution >= 4 is 33.5 Å². The molecule has 0 radical (unpaired) electrons. The van der Waals surface area contributed by atoms with Crippen molar-refractivity contribution in [3.05, 3.63) is 77.6 Å². The van der Waals surface area contributed by atoms with E-state index in [-0.39, 0.29) is 28.2 Å². The normalized spacial score (nSPS) is 17.0. The Balaban J connectivity index is 1.37. The van der Waals surface area contributed by atoms with Gasteiger partial charge < -0.3 is 20.2 Å². The van der Waals surface area contributed by atoms with Gasteiger partial charge in [0.2, 0.25) is 5.13 Å². The molecule has 0 unspecified atom stereocenters. The molecule has 43 heavy (non-hydrogen) atoms. The van der Waals surface area contributed by atoms with Gasteiger partial charge in [-0.15, -0.1) is 10.2 Å². The summed E-state index contributed by atoms with van der Waals surface area (Å²) in [6.07, 6.45) is -3.47. The van der Waals surface area contributed by atoms with Crippen LogP contribution in [-0.2, 0) is 11.6 Å². The monoisotopic (exact) mass is 611 g/mol. The standard InChI is InChI=1S/C32H33F4N5OS/c1-30(2,3)18-40-16-14-31(15-17-40)19-41(27-25(42)13-12-22(26(27)31)32(34,35)36)24-7-5-4-6-23(24)37-29-39-38-28(43-29)20-8-10-21(33)11-9-20/h4-13,42H,14-19H2,1-3H3,(H,37,39). The van der Waals surface area contributed by atoms with Crippen LogP contribution in [0.4, 0.5) is 39.8 Å². The van der Waals surface area contributed by atoms with Gasteiger partial charge >= 0.3 is 6.18 Å². The number of aromatic hydroxyl groups is 1. The molecule has 226 valence electrons. The minimum absolute atomic E-state index is 0.0748. The summed E-state index contributed by atoms with van der Waals surface area (Å²) in [5.41, 5.74) is 0.964. The number of hydrogen-bond donors (Lipinski definition) is 2. The van der Waals surface area contributed by atoms with Crippen molar-refractivity contribution in [3.8, 4) is 16.3 Å². The quantitative estimate of drug-likeness (QED) is 0.221. The molecule has 1 aromatic heterocycles. The molecule has 0 amide bonds. The first-order valence-corrected chi connectivity index (χ1v) is 15.0. The first-order valence-electron chi connectivity index (χ1n) is 14.2. The number of halogens is 4. The minimum atomic E-state index is -4.57. The second kappa shape index (κ2) is 10.8. The second-order valence-electron chi connectivity index (χ2n) is 12.6. The maximum atomic E-state index is 14.5. The van der Waals surface area contributed by atoms with E-state index >= 15 is 0 Å². The topological polar surface area (TPSA) is 64.5 Å². The van der Waals surface area contributed by atoms with E-state index in [0.29, 0.717) is 54.0 Å². The zero-order valence-corrected chi connectivity index (χ0v) is 25.0. The highest BCUT2D eigenvalue weighted by molar-refractivity contribution is 7.18. The number of piperidine rings is 1. The number of phenolic OH excluding ortho intramolecular Hbond substituents is 1. The second-order valence-corrected chi connectivity index (χ2v) is 13.6. The number of alkyl halides is 3. The number of benzene rings is 3. The number of aromatic nitrogens is 2. The van der Waals surface area contributed by atoms with Gasteiger partial charge in [0.1, 0.15) is 16.6 Å². The summed E-state index contributed by atoms with van der Waals surface area (Å²) in [6.45, 7) is 9.00. The van der Waals surface area contributed by atoms with Gasteiger partial charge in [-0.2, -0.15) is 13.2 Å². The van der Waals surface area contributed by atoms with Crippen LogP contribution in [0.15, 0.2) is 60.7 Å². The molecule has 4 aromatic rings. The number of para-hydroxylation sites is 2. The summed E-state index contributed by atoms with van der Waals surface area (Å²) in [5.74, 6) is -0.526. The average molecular weight is 612 g/mol. The predicted molar refractivity (Wildman–Crippen MR) is 162 cm³/mol. The molecule has 1 saturated heterocycles. The lowest BCUT2D eigenvalue weighted by molar-refractivity contribution is -0.138. The summed E-state index contributed by atoms with van der Waals surface area (Å²) in [6, 6.07) is 15.5. The van der Waals surface area contributed by atoms with Crippen LogP contribution in [0.1, 0.15) is 44.7 Å². The van der Waals surface area contributed by atoms with Crippen LogP contribution in [0.5, 0.6) is 5.75 Å². The van der Waals surface area contributed by atoms with E-state index in [1.165, 1.54) is 23.5 Å². The summed E-state index contributed by atoms with van der Waals surface area (Å²) in [7, 11) is 0. The van der Waals surface area contributed by atoms with E-state index in [0.717, 1.165) is 24.2 Å². The Hall–Kier alpha value is -3.70. The van der Waals surface area contributed by atoms with Gasteiger partial charge in [-0.05, 0) is 85.4 Å². The lowest BCUT2D eigenvalue weighted by Gasteiger charge is -2.42. The molecule has 6 rings (SSSR count). The number of nitrogens with one attached hydrogen (secondary N) is 1. The third-order valence-corrected chi connectivity index (χ3v) is 9.07. The van der Waals surface area contributed by atoms with Crippen LogP contribution in [0, 0.1) is 11.2 Å². The highest BCUT2D eigenvalue weighted by atomic mass is 32.1. The van der Waals surface area contributed by atoms with Gasteiger partial charge in [-0.3, -0.25) is 0 Å². The Labute approximate surface area is 252 Å². The minimum Gasteiger partial charge on any atom is -0.506 e. The summed E-state index contributed by atoms with van der Waals surface area (Å²) >= 11 is 1.28. The number of nitrogens with zero attached hydrogens (tertiary/aromatic N) is 4. The fraction of sp³-hybridized carbons (Fsp3) is 0.375. The zero-order valence-electron chi connectivity index (χ0n) is 24.2. The Morgan fingerprint density at radius 1 is 0.953 bits per heavy atom. The number of rotatable bonds is 5. The SMILES string of the molecule is CC(C)(C)CN1CCC2(CC1)CN(c1ccccc1Nc1nnc(-c3ccc(F)cc3)s1)c1c(O)ccc(C(F)(F)F)c12. The number of anilines is 4. The fourth-order valence-electron chi connectivity index (χ4n) is 6.42. The van der Waals surface area contributed by atoms with Crippen molar-refractivity contribution in [2.24, 2.45) is 5.41 Å². The Bertz CT molecular complexity index is 1620. The first kappa shape index (κ1) is 29.4. The molecule has 3 heterocycles. The van der Waals surface area contributed by atoms with Crippen molar-refractivity contribution in [2.75, 3.05) is 36.4 Å².